The van der Waals surface area contributed by atoms with Crippen molar-refractivity contribution in [2.75, 3.05) is 13.7 Å². The molecule has 5 heteroatoms. The molecule has 26 heavy (non-hydrogen) atoms. The average molecular weight is 354 g/mol. The van der Waals surface area contributed by atoms with E-state index in [9.17, 15) is 9.59 Å². The molecular formula is C21H26N2O3. The third-order valence-electron chi connectivity index (χ3n) is 6.66. The molecule has 1 fully saturated rings. The van der Waals surface area contributed by atoms with Gasteiger partial charge in [-0.15, -0.1) is 0 Å². The average Bonchev–Trinajstić information content (AvgIpc) is 3.06. The Morgan fingerprint density at radius 1 is 1.35 bits per heavy atom. The number of esters is 1. The molecule has 138 valence electrons. The minimum Gasteiger partial charge on any atom is -0.469 e. The minimum absolute atomic E-state index is 0.0461. The lowest BCUT2D eigenvalue weighted by atomic mass is 9.65. The van der Waals surface area contributed by atoms with Gasteiger partial charge in [0.2, 0.25) is 5.91 Å². The van der Waals surface area contributed by atoms with E-state index >= 15 is 0 Å². The predicted molar refractivity (Wildman–Crippen MR) is 99.6 cm³/mol. The molecule has 0 aliphatic carbocycles. The Kier molecular flexibility index (Phi) is 4.05. The Hall–Kier alpha value is -2.30. The van der Waals surface area contributed by atoms with E-state index in [0.29, 0.717) is 19.3 Å². The summed E-state index contributed by atoms with van der Waals surface area (Å²) in [5, 5.41) is 1.23. The Labute approximate surface area is 153 Å². The summed E-state index contributed by atoms with van der Waals surface area (Å²) in [4.78, 5) is 30.9. The number of hydrogen-bond acceptors (Lipinski definition) is 3. The minimum atomic E-state index is -0.607. The molecule has 1 amide bonds. The topological polar surface area (TPSA) is 62.4 Å². The van der Waals surface area contributed by atoms with Crippen molar-refractivity contribution in [2.24, 2.45) is 11.3 Å². The molecule has 0 spiro atoms. The summed E-state index contributed by atoms with van der Waals surface area (Å²) >= 11 is 0. The van der Waals surface area contributed by atoms with Crippen molar-refractivity contribution in [1.29, 1.82) is 0 Å². The maximum absolute atomic E-state index is 12.7. The number of amides is 1. The van der Waals surface area contributed by atoms with E-state index in [-0.39, 0.29) is 23.8 Å². The molecule has 5 nitrogen and oxygen atoms in total. The van der Waals surface area contributed by atoms with Gasteiger partial charge in [0.25, 0.3) is 0 Å². The van der Waals surface area contributed by atoms with Crippen molar-refractivity contribution in [3.05, 3.63) is 35.5 Å². The van der Waals surface area contributed by atoms with Gasteiger partial charge in [-0.25, -0.2) is 0 Å². The number of aromatic nitrogens is 1. The van der Waals surface area contributed by atoms with E-state index in [0.717, 1.165) is 24.2 Å². The predicted octanol–water partition coefficient (Wildman–Crippen LogP) is 3.59. The number of carbonyl (C=O) groups excluding carboxylic acids is 2. The monoisotopic (exact) mass is 354 g/mol. The number of aromatic amines is 1. The molecule has 1 N–H and O–H groups in total. The van der Waals surface area contributed by atoms with Gasteiger partial charge in [0.15, 0.2) is 0 Å². The molecule has 3 unspecified atom stereocenters. The smallest absolute Gasteiger partial charge is 0.311 e. The van der Waals surface area contributed by atoms with Crippen LogP contribution >= 0.6 is 0 Å². The first kappa shape index (κ1) is 17.1. The summed E-state index contributed by atoms with van der Waals surface area (Å²) in [5.41, 5.74) is 2.90. The third-order valence-corrected chi connectivity index (χ3v) is 6.66. The fourth-order valence-corrected chi connectivity index (χ4v) is 5.01. The number of fused-ring (bicyclic) bond motifs is 5. The fraction of sp³-hybridized carbons (Fsp3) is 0.524. The van der Waals surface area contributed by atoms with E-state index in [2.05, 4.69) is 23.2 Å². The number of carbonyl (C=O) groups is 2. The van der Waals surface area contributed by atoms with E-state index in [1.54, 1.807) is 0 Å². The van der Waals surface area contributed by atoms with Gasteiger partial charge in [-0.2, -0.15) is 0 Å². The molecule has 3 heterocycles. The molecule has 0 saturated carbocycles. The van der Waals surface area contributed by atoms with E-state index in [1.807, 2.05) is 24.8 Å². The SMILES string of the molecule is CCC(C)(C(=O)OC)C1CCC(=O)N2CCc3c([nH]c4ccccc34)C12. The molecule has 1 aromatic heterocycles. The van der Waals surface area contributed by atoms with Crippen molar-refractivity contribution in [3.63, 3.8) is 0 Å². The Bertz CT molecular complexity index is 871. The van der Waals surface area contributed by atoms with Gasteiger partial charge in [0.1, 0.15) is 0 Å². The molecule has 2 aliphatic rings. The molecule has 1 aromatic carbocycles. The molecule has 3 atom stereocenters. The van der Waals surface area contributed by atoms with Gasteiger partial charge in [-0.1, -0.05) is 25.1 Å². The van der Waals surface area contributed by atoms with Crippen LogP contribution in [0.3, 0.4) is 0 Å². The Morgan fingerprint density at radius 3 is 2.85 bits per heavy atom. The highest BCUT2D eigenvalue weighted by molar-refractivity contribution is 5.87. The molecule has 0 radical (unpaired) electrons. The normalized spacial score (nSPS) is 24.7. The number of piperidine rings is 1. The van der Waals surface area contributed by atoms with Crippen LogP contribution in [0.15, 0.2) is 24.3 Å². The van der Waals surface area contributed by atoms with Gasteiger partial charge in [0, 0.05) is 35.5 Å². The maximum Gasteiger partial charge on any atom is 0.311 e. The van der Waals surface area contributed by atoms with Crippen LogP contribution in [0.1, 0.15) is 50.4 Å². The van der Waals surface area contributed by atoms with Crippen LogP contribution in [0.4, 0.5) is 0 Å². The van der Waals surface area contributed by atoms with E-state index in [1.165, 1.54) is 18.1 Å². The second kappa shape index (κ2) is 6.15. The number of hydrogen-bond donors (Lipinski definition) is 1. The number of ether oxygens (including phenoxy) is 1. The lowest BCUT2D eigenvalue weighted by molar-refractivity contribution is -0.163. The van der Waals surface area contributed by atoms with Crippen LogP contribution in [-0.4, -0.2) is 35.4 Å². The van der Waals surface area contributed by atoms with E-state index in [4.69, 9.17) is 4.74 Å². The number of nitrogens with one attached hydrogen (secondary N) is 1. The summed E-state index contributed by atoms with van der Waals surface area (Å²) in [5.74, 6) is 0.0613. The fourth-order valence-electron chi connectivity index (χ4n) is 5.01. The zero-order valence-corrected chi connectivity index (χ0v) is 15.7. The van der Waals surface area contributed by atoms with Crippen molar-refractivity contribution in [1.82, 2.24) is 9.88 Å². The Morgan fingerprint density at radius 2 is 2.12 bits per heavy atom. The highest BCUT2D eigenvalue weighted by atomic mass is 16.5. The second-order valence-corrected chi connectivity index (χ2v) is 7.75. The third kappa shape index (κ3) is 2.29. The highest BCUT2D eigenvalue weighted by Crippen LogP contribution is 2.51. The van der Waals surface area contributed by atoms with Gasteiger partial charge < -0.3 is 14.6 Å². The van der Waals surface area contributed by atoms with Gasteiger partial charge >= 0.3 is 5.97 Å². The first-order valence-corrected chi connectivity index (χ1v) is 9.48. The maximum atomic E-state index is 12.7. The largest absolute Gasteiger partial charge is 0.469 e. The van der Waals surface area contributed by atoms with E-state index < -0.39 is 5.41 Å². The first-order chi connectivity index (χ1) is 12.5. The lowest BCUT2D eigenvalue weighted by Gasteiger charge is -2.49. The van der Waals surface area contributed by atoms with Crippen LogP contribution in [0.2, 0.25) is 0 Å². The number of nitrogens with zero attached hydrogens (tertiary/aromatic N) is 1. The summed E-state index contributed by atoms with van der Waals surface area (Å²) in [6, 6.07) is 8.21. The van der Waals surface area contributed by atoms with Gasteiger partial charge in [0.05, 0.1) is 18.6 Å². The van der Waals surface area contributed by atoms with Crippen molar-refractivity contribution < 1.29 is 14.3 Å². The van der Waals surface area contributed by atoms with Crippen LogP contribution in [0.5, 0.6) is 0 Å². The van der Waals surface area contributed by atoms with Crippen molar-refractivity contribution in [2.45, 2.75) is 45.6 Å². The van der Waals surface area contributed by atoms with Gasteiger partial charge in [-0.3, -0.25) is 9.59 Å². The number of rotatable bonds is 3. The standard InChI is InChI=1S/C21H26N2O3/c1-4-21(2,20(25)26-3)15-9-10-17(24)23-12-11-14-13-7-5-6-8-16(13)22-18(14)19(15)23/h5-8,15,19,22H,4,9-12H2,1-3H3. The summed E-state index contributed by atoms with van der Waals surface area (Å²) < 4.78 is 5.16. The van der Waals surface area contributed by atoms with Crippen molar-refractivity contribution >= 4 is 22.8 Å². The number of benzene rings is 1. The van der Waals surface area contributed by atoms with Crippen LogP contribution < -0.4 is 0 Å². The number of para-hydroxylation sites is 1. The molecule has 2 aromatic rings. The van der Waals surface area contributed by atoms with Crippen LogP contribution in [0, 0.1) is 11.3 Å². The highest BCUT2D eigenvalue weighted by Gasteiger charge is 2.51. The van der Waals surface area contributed by atoms with Crippen molar-refractivity contribution in [3.8, 4) is 0 Å². The van der Waals surface area contributed by atoms with Gasteiger partial charge in [-0.05, 0) is 37.8 Å². The summed E-state index contributed by atoms with van der Waals surface area (Å²) in [7, 11) is 1.46. The first-order valence-electron chi connectivity index (χ1n) is 9.48. The van der Waals surface area contributed by atoms with Crippen LogP contribution in [-0.2, 0) is 20.7 Å². The molecule has 1 saturated heterocycles. The second-order valence-electron chi connectivity index (χ2n) is 7.75. The molecule has 4 rings (SSSR count). The molecular weight excluding hydrogens is 328 g/mol. The summed E-state index contributed by atoms with van der Waals surface area (Å²) in [6.45, 7) is 4.75. The number of H-pyrrole nitrogens is 1. The van der Waals surface area contributed by atoms with Crippen LogP contribution in [0.25, 0.3) is 10.9 Å². The summed E-state index contributed by atoms with van der Waals surface area (Å²) in [6.07, 6.45) is 2.77. The zero-order chi connectivity index (χ0) is 18.5. The quantitative estimate of drug-likeness (QED) is 0.857. The number of methoxy groups -OCH3 is 1. The molecule has 2 aliphatic heterocycles. The zero-order valence-electron chi connectivity index (χ0n) is 15.7. The Balaban J connectivity index is 1.87. The lowest BCUT2D eigenvalue weighted by Crippen LogP contribution is -2.52. The molecule has 0 bridgehead atoms.